The Bertz CT molecular complexity index is 908. The van der Waals surface area contributed by atoms with E-state index in [4.69, 9.17) is 4.74 Å². The summed E-state index contributed by atoms with van der Waals surface area (Å²) in [7, 11) is 1.60. The topological polar surface area (TPSA) is 69.9 Å². The number of tetrazole rings is 1. The molecule has 0 aliphatic heterocycles. The summed E-state index contributed by atoms with van der Waals surface area (Å²) in [4.78, 5) is 13.8. The van der Waals surface area contributed by atoms with E-state index in [1.165, 1.54) is 10.4 Å². The molecule has 0 amide bonds. The molecule has 0 spiro atoms. The first-order valence-electron chi connectivity index (χ1n) is 8.43. The van der Waals surface area contributed by atoms with E-state index in [2.05, 4.69) is 36.2 Å². The van der Waals surface area contributed by atoms with Crippen molar-refractivity contribution >= 4 is 5.78 Å². The van der Waals surface area contributed by atoms with Crippen molar-refractivity contribution in [3.63, 3.8) is 0 Å². The summed E-state index contributed by atoms with van der Waals surface area (Å²) in [5.74, 6) is 1.12. The first-order valence-corrected chi connectivity index (χ1v) is 8.43. The molecule has 0 atom stereocenters. The number of carbonyl (C=O) groups is 1. The Morgan fingerprint density at radius 1 is 1.12 bits per heavy atom. The maximum Gasteiger partial charge on any atom is 0.205 e. The van der Waals surface area contributed by atoms with E-state index in [-0.39, 0.29) is 17.7 Å². The van der Waals surface area contributed by atoms with Crippen LogP contribution in [0.5, 0.6) is 5.75 Å². The van der Waals surface area contributed by atoms with E-state index >= 15 is 0 Å². The van der Waals surface area contributed by atoms with Crippen LogP contribution in [0.3, 0.4) is 0 Å². The number of ketones is 1. The lowest BCUT2D eigenvalue weighted by Crippen LogP contribution is -2.14. The second-order valence-electron chi connectivity index (χ2n) is 7.13. The zero-order valence-corrected chi connectivity index (χ0v) is 15.4. The minimum absolute atomic E-state index is 0.0475. The van der Waals surface area contributed by atoms with Gasteiger partial charge >= 0.3 is 0 Å². The van der Waals surface area contributed by atoms with Gasteiger partial charge in [-0.25, -0.2) is 0 Å². The third kappa shape index (κ3) is 3.96. The van der Waals surface area contributed by atoms with Gasteiger partial charge in [0.1, 0.15) is 12.3 Å². The standard InChI is InChI=1S/C20H22N4O2/c1-20(2,3)16-10-8-14(9-11-16)18(25)13-24-22-19(21-23-24)15-6-5-7-17(12-15)26-4/h5-12H,13H2,1-4H3. The number of Topliss-reactive ketones (excluding diaryl/α,β-unsaturated/α-hetero) is 1. The normalized spacial score (nSPS) is 11.4. The van der Waals surface area contributed by atoms with Gasteiger partial charge in [0.25, 0.3) is 0 Å². The number of hydrogen-bond donors (Lipinski definition) is 0. The molecule has 0 saturated carbocycles. The van der Waals surface area contributed by atoms with Crippen molar-refractivity contribution in [3.05, 3.63) is 59.7 Å². The number of rotatable bonds is 5. The minimum Gasteiger partial charge on any atom is -0.497 e. The average molecular weight is 350 g/mol. The Balaban J connectivity index is 1.73. The predicted octanol–water partition coefficient (Wildman–Crippen LogP) is 3.53. The smallest absolute Gasteiger partial charge is 0.205 e. The molecule has 0 N–H and O–H groups in total. The molecule has 3 aromatic rings. The van der Waals surface area contributed by atoms with Crippen LogP contribution in [0, 0.1) is 0 Å². The second kappa shape index (κ2) is 7.07. The van der Waals surface area contributed by atoms with Gasteiger partial charge in [0.2, 0.25) is 5.82 Å². The summed E-state index contributed by atoms with van der Waals surface area (Å²) in [5.41, 5.74) is 2.67. The fraction of sp³-hybridized carbons (Fsp3) is 0.300. The average Bonchev–Trinajstić information content (AvgIpc) is 3.09. The highest BCUT2D eigenvalue weighted by molar-refractivity contribution is 5.95. The molecule has 6 nitrogen and oxygen atoms in total. The minimum atomic E-state index is -0.0555. The van der Waals surface area contributed by atoms with Gasteiger partial charge in [0, 0.05) is 11.1 Å². The molecule has 26 heavy (non-hydrogen) atoms. The van der Waals surface area contributed by atoms with Crippen molar-refractivity contribution in [2.45, 2.75) is 32.7 Å². The monoisotopic (exact) mass is 350 g/mol. The Hall–Kier alpha value is -3.02. The van der Waals surface area contributed by atoms with Gasteiger partial charge in [0.15, 0.2) is 5.78 Å². The first-order chi connectivity index (χ1) is 12.4. The summed E-state index contributed by atoms with van der Waals surface area (Å²) in [5, 5.41) is 12.3. The van der Waals surface area contributed by atoms with Gasteiger partial charge in [-0.05, 0) is 28.3 Å². The fourth-order valence-corrected chi connectivity index (χ4v) is 2.56. The fourth-order valence-electron chi connectivity index (χ4n) is 2.56. The van der Waals surface area contributed by atoms with Crippen molar-refractivity contribution in [1.82, 2.24) is 20.2 Å². The highest BCUT2D eigenvalue weighted by atomic mass is 16.5. The van der Waals surface area contributed by atoms with Crippen LogP contribution in [0.25, 0.3) is 11.4 Å². The van der Waals surface area contributed by atoms with E-state index in [9.17, 15) is 4.79 Å². The Kier molecular flexibility index (Phi) is 4.84. The highest BCUT2D eigenvalue weighted by Crippen LogP contribution is 2.22. The van der Waals surface area contributed by atoms with Crippen LogP contribution in [0.4, 0.5) is 0 Å². The molecule has 6 heteroatoms. The van der Waals surface area contributed by atoms with Crippen LogP contribution in [0.15, 0.2) is 48.5 Å². The zero-order chi connectivity index (χ0) is 18.7. The zero-order valence-electron chi connectivity index (χ0n) is 15.4. The van der Waals surface area contributed by atoms with Crippen LogP contribution in [-0.4, -0.2) is 33.1 Å². The van der Waals surface area contributed by atoms with Crippen LogP contribution in [0.1, 0.15) is 36.7 Å². The number of methoxy groups -OCH3 is 1. The number of aromatic nitrogens is 4. The highest BCUT2D eigenvalue weighted by Gasteiger charge is 2.15. The van der Waals surface area contributed by atoms with Crippen LogP contribution >= 0.6 is 0 Å². The molecular weight excluding hydrogens is 328 g/mol. The van der Waals surface area contributed by atoms with Crippen molar-refractivity contribution in [2.24, 2.45) is 0 Å². The van der Waals surface area contributed by atoms with Gasteiger partial charge in [-0.15, -0.1) is 10.2 Å². The Labute approximate surface area is 152 Å². The lowest BCUT2D eigenvalue weighted by atomic mass is 9.86. The molecular formula is C20H22N4O2. The van der Waals surface area contributed by atoms with Crippen molar-refractivity contribution < 1.29 is 9.53 Å². The number of benzene rings is 2. The van der Waals surface area contributed by atoms with Crippen LogP contribution in [-0.2, 0) is 12.0 Å². The van der Waals surface area contributed by atoms with Crippen molar-refractivity contribution in [1.29, 1.82) is 0 Å². The molecule has 0 fully saturated rings. The number of ether oxygens (including phenoxy) is 1. The summed E-state index contributed by atoms with van der Waals surface area (Å²) in [6, 6.07) is 15.1. The largest absolute Gasteiger partial charge is 0.497 e. The van der Waals surface area contributed by atoms with E-state index in [0.29, 0.717) is 17.1 Å². The van der Waals surface area contributed by atoms with Crippen molar-refractivity contribution in [3.8, 4) is 17.1 Å². The van der Waals surface area contributed by atoms with E-state index < -0.39 is 0 Å². The maximum atomic E-state index is 12.5. The molecule has 0 radical (unpaired) electrons. The van der Waals surface area contributed by atoms with Gasteiger partial charge in [-0.2, -0.15) is 4.80 Å². The molecule has 0 aliphatic rings. The molecule has 0 unspecified atom stereocenters. The van der Waals surface area contributed by atoms with Gasteiger partial charge in [0.05, 0.1) is 7.11 Å². The van der Waals surface area contributed by atoms with E-state index in [1.807, 2.05) is 48.5 Å². The lowest BCUT2D eigenvalue weighted by Gasteiger charge is -2.18. The SMILES string of the molecule is COc1cccc(-c2nnn(CC(=O)c3ccc(C(C)(C)C)cc3)n2)c1. The molecule has 134 valence electrons. The molecule has 1 aromatic heterocycles. The molecule has 0 aliphatic carbocycles. The number of nitrogens with zero attached hydrogens (tertiary/aromatic N) is 4. The van der Waals surface area contributed by atoms with E-state index in [1.54, 1.807) is 7.11 Å². The molecule has 3 rings (SSSR count). The molecule has 2 aromatic carbocycles. The summed E-state index contributed by atoms with van der Waals surface area (Å²) < 4.78 is 5.20. The summed E-state index contributed by atoms with van der Waals surface area (Å²) >= 11 is 0. The second-order valence-corrected chi connectivity index (χ2v) is 7.13. The first kappa shape index (κ1) is 17.8. The van der Waals surface area contributed by atoms with E-state index in [0.717, 1.165) is 5.56 Å². The van der Waals surface area contributed by atoms with Gasteiger partial charge < -0.3 is 4.74 Å². The van der Waals surface area contributed by atoms with Crippen LogP contribution in [0.2, 0.25) is 0 Å². The predicted molar refractivity (Wildman–Crippen MR) is 99.3 cm³/mol. The Morgan fingerprint density at radius 3 is 2.50 bits per heavy atom. The molecule has 0 saturated heterocycles. The lowest BCUT2D eigenvalue weighted by molar-refractivity contribution is 0.0961. The maximum absolute atomic E-state index is 12.5. The Morgan fingerprint density at radius 2 is 1.85 bits per heavy atom. The number of carbonyl (C=O) groups excluding carboxylic acids is 1. The molecule has 0 bridgehead atoms. The summed E-state index contributed by atoms with van der Waals surface area (Å²) in [6.45, 7) is 6.47. The third-order valence-corrected chi connectivity index (χ3v) is 4.14. The third-order valence-electron chi connectivity index (χ3n) is 4.14. The van der Waals surface area contributed by atoms with Gasteiger partial charge in [-0.3, -0.25) is 4.79 Å². The van der Waals surface area contributed by atoms with Crippen LogP contribution < -0.4 is 4.74 Å². The molecule has 1 heterocycles. The summed E-state index contributed by atoms with van der Waals surface area (Å²) in [6.07, 6.45) is 0. The van der Waals surface area contributed by atoms with Gasteiger partial charge in [-0.1, -0.05) is 57.2 Å². The number of hydrogen-bond acceptors (Lipinski definition) is 5. The van der Waals surface area contributed by atoms with Crippen molar-refractivity contribution in [2.75, 3.05) is 7.11 Å². The quantitative estimate of drug-likeness (QED) is 0.658.